The Kier molecular flexibility index (Phi) is 4.75. The van der Waals surface area contributed by atoms with Crippen LogP contribution in [0.2, 0.25) is 0 Å². The Hall–Kier alpha value is -2.30. The third kappa shape index (κ3) is 5.36. The molecule has 17 heavy (non-hydrogen) atoms. The summed E-state index contributed by atoms with van der Waals surface area (Å²) in [6, 6.07) is 6.89. The van der Waals surface area contributed by atoms with Crippen molar-refractivity contribution >= 4 is 18.0 Å². The van der Waals surface area contributed by atoms with Crippen LogP contribution in [0.1, 0.15) is 12.0 Å². The fourth-order valence-electron chi connectivity index (χ4n) is 1.14. The van der Waals surface area contributed by atoms with Crippen LogP contribution in [0.25, 0.3) is 6.08 Å². The lowest BCUT2D eigenvalue weighted by Gasteiger charge is -2.05. The largest absolute Gasteiger partial charge is 0.493 e. The van der Waals surface area contributed by atoms with Crippen LogP contribution in [-0.2, 0) is 9.59 Å². The van der Waals surface area contributed by atoms with E-state index < -0.39 is 11.9 Å². The number of primary amides is 1. The van der Waals surface area contributed by atoms with Gasteiger partial charge in [0.25, 0.3) is 0 Å². The third-order valence-corrected chi connectivity index (χ3v) is 1.89. The molecule has 0 saturated heterocycles. The van der Waals surface area contributed by atoms with E-state index in [4.69, 9.17) is 15.6 Å². The van der Waals surface area contributed by atoms with Crippen molar-refractivity contribution in [3.63, 3.8) is 0 Å². The lowest BCUT2D eigenvalue weighted by molar-refractivity contribution is -0.131. The lowest BCUT2D eigenvalue weighted by Crippen LogP contribution is -2.14. The molecule has 1 aromatic carbocycles. The van der Waals surface area contributed by atoms with Gasteiger partial charge in [-0.15, -0.1) is 0 Å². The molecule has 1 aromatic rings. The number of ether oxygens (including phenoxy) is 1. The minimum atomic E-state index is -1.01. The zero-order valence-electron chi connectivity index (χ0n) is 9.13. The number of hydrogen-bond acceptors (Lipinski definition) is 3. The second kappa shape index (κ2) is 6.32. The van der Waals surface area contributed by atoms with Gasteiger partial charge in [0, 0.05) is 6.08 Å². The number of carbonyl (C=O) groups is 2. The van der Waals surface area contributed by atoms with E-state index in [1.807, 2.05) is 0 Å². The van der Waals surface area contributed by atoms with Crippen molar-refractivity contribution in [3.05, 3.63) is 35.9 Å². The number of carboxylic acid groups (broad SMARTS) is 1. The van der Waals surface area contributed by atoms with Crippen molar-refractivity contribution in [3.8, 4) is 5.75 Å². The Morgan fingerprint density at radius 3 is 2.82 bits per heavy atom. The molecule has 90 valence electrons. The van der Waals surface area contributed by atoms with Crippen molar-refractivity contribution in [1.82, 2.24) is 0 Å². The van der Waals surface area contributed by atoms with Gasteiger partial charge in [0.15, 0.2) is 0 Å². The fraction of sp³-hybridized carbons (Fsp3) is 0.167. The first-order valence-electron chi connectivity index (χ1n) is 5.00. The summed E-state index contributed by atoms with van der Waals surface area (Å²) in [5, 5.41) is 8.48. The first kappa shape index (κ1) is 12.8. The van der Waals surface area contributed by atoms with E-state index in [-0.39, 0.29) is 13.0 Å². The Labute approximate surface area is 98.5 Å². The predicted octanol–water partition coefficient (Wildman–Crippen LogP) is 1.04. The van der Waals surface area contributed by atoms with E-state index in [1.165, 1.54) is 6.08 Å². The number of carboxylic acids is 1. The maximum absolute atomic E-state index is 10.5. The van der Waals surface area contributed by atoms with Gasteiger partial charge in [-0.1, -0.05) is 12.1 Å². The van der Waals surface area contributed by atoms with Crippen LogP contribution >= 0.6 is 0 Å². The molecule has 0 saturated carbocycles. The molecule has 1 amide bonds. The second-order valence-corrected chi connectivity index (χ2v) is 3.31. The van der Waals surface area contributed by atoms with Crippen molar-refractivity contribution in [2.45, 2.75) is 6.42 Å². The monoisotopic (exact) mass is 235 g/mol. The highest BCUT2D eigenvalue weighted by Gasteiger charge is 1.98. The summed E-state index contributed by atoms with van der Waals surface area (Å²) < 4.78 is 5.28. The smallest absolute Gasteiger partial charge is 0.328 e. The molecule has 0 bridgehead atoms. The number of benzene rings is 1. The quantitative estimate of drug-likeness (QED) is 0.721. The lowest BCUT2D eigenvalue weighted by atomic mass is 10.2. The van der Waals surface area contributed by atoms with Gasteiger partial charge < -0.3 is 15.6 Å². The highest BCUT2D eigenvalue weighted by Crippen LogP contribution is 2.14. The number of hydrogen-bond donors (Lipinski definition) is 2. The summed E-state index contributed by atoms with van der Waals surface area (Å²) in [5.41, 5.74) is 5.68. The molecule has 0 aliphatic carbocycles. The molecule has 3 N–H and O–H groups in total. The van der Waals surface area contributed by atoms with Crippen LogP contribution in [0.15, 0.2) is 30.3 Å². The van der Waals surface area contributed by atoms with Crippen molar-refractivity contribution in [2.75, 3.05) is 6.61 Å². The number of rotatable bonds is 6. The highest BCUT2D eigenvalue weighted by molar-refractivity contribution is 5.85. The molecule has 5 nitrogen and oxygen atoms in total. The van der Waals surface area contributed by atoms with Gasteiger partial charge in [-0.2, -0.15) is 0 Å². The minimum absolute atomic E-state index is 0.148. The maximum Gasteiger partial charge on any atom is 0.328 e. The van der Waals surface area contributed by atoms with Gasteiger partial charge >= 0.3 is 5.97 Å². The molecule has 1 rings (SSSR count). The molecule has 0 fully saturated rings. The molecule has 0 aliphatic rings. The van der Waals surface area contributed by atoms with Crippen LogP contribution in [-0.4, -0.2) is 23.6 Å². The van der Waals surface area contributed by atoms with Crippen LogP contribution in [0.4, 0.5) is 0 Å². The second-order valence-electron chi connectivity index (χ2n) is 3.31. The summed E-state index contributed by atoms with van der Waals surface area (Å²) in [7, 11) is 0. The van der Waals surface area contributed by atoms with Gasteiger partial charge in [0.2, 0.25) is 5.91 Å². The van der Waals surface area contributed by atoms with Gasteiger partial charge in [0.05, 0.1) is 13.0 Å². The molecule has 5 heteroatoms. The number of amides is 1. The predicted molar refractivity (Wildman–Crippen MR) is 62.4 cm³/mol. The first-order chi connectivity index (χ1) is 8.08. The van der Waals surface area contributed by atoms with Gasteiger partial charge in [-0.3, -0.25) is 4.79 Å². The van der Waals surface area contributed by atoms with Crippen molar-refractivity contribution < 1.29 is 19.4 Å². The number of carbonyl (C=O) groups excluding carboxylic acids is 1. The SMILES string of the molecule is NC(=O)CCOc1cccc(/C=C/C(=O)O)c1. The molecule has 0 radical (unpaired) electrons. The van der Waals surface area contributed by atoms with Crippen LogP contribution < -0.4 is 10.5 Å². The van der Waals surface area contributed by atoms with Gasteiger partial charge in [-0.05, 0) is 23.8 Å². The van der Waals surface area contributed by atoms with E-state index in [0.29, 0.717) is 11.3 Å². The normalized spacial score (nSPS) is 10.4. The van der Waals surface area contributed by atoms with Crippen LogP contribution in [0.5, 0.6) is 5.75 Å². The summed E-state index contributed by atoms with van der Waals surface area (Å²) in [4.78, 5) is 20.8. The Bertz CT molecular complexity index is 440. The Balaban J connectivity index is 2.59. The molecule has 0 heterocycles. The standard InChI is InChI=1S/C12H13NO4/c13-11(14)6-7-17-10-3-1-2-9(8-10)4-5-12(15)16/h1-5,8H,6-7H2,(H2,13,14)(H,15,16)/b5-4+. The highest BCUT2D eigenvalue weighted by atomic mass is 16.5. The Morgan fingerprint density at radius 2 is 2.18 bits per heavy atom. The van der Waals surface area contributed by atoms with E-state index >= 15 is 0 Å². The fourth-order valence-corrected chi connectivity index (χ4v) is 1.14. The molecular weight excluding hydrogens is 222 g/mol. The molecule has 0 aromatic heterocycles. The summed E-state index contributed by atoms with van der Waals surface area (Å²) in [6.07, 6.45) is 2.65. The maximum atomic E-state index is 10.5. The molecular formula is C12H13NO4. The van der Waals surface area contributed by atoms with E-state index in [2.05, 4.69) is 0 Å². The van der Waals surface area contributed by atoms with Crippen LogP contribution in [0, 0.1) is 0 Å². The first-order valence-corrected chi connectivity index (χ1v) is 5.00. The summed E-state index contributed by atoms with van der Waals surface area (Å²) in [5.74, 6) is -0.865. The molecule has 0 spiro atoms. The van der Waals surface area contributed by atoms with Gasteiger partial charge in [-0.25, -0.2) is 4.79 Å². The molecule has 0 atom stereocenters. The molecule has 0 aliphatic heterocycles. The average molecular weight is 235 g/mol. The Morgan fingerprint density at radius 1 is 1.41 bits per heavy atom. The zero-order valence-corrected chi connectivity index (χ0v) is 9.13. The van der Waals surface area contributed by atoms with Crippen molar-refractivity contribution in [1.29, 1.82) is 0 Å². The van der Waals surface area contributed by atoms with Gasteiger partial charge in [0.1, 0.15) is 5.75 Å². The summed E-state index contributed by atoms with van der Waals surface area (Å²) >= 11 is 0. The average Bonchev–Trinajstić information content (AvgIpc) is 2.26. The van der Waals surface area contributed by atoms with E-state index in [9.17, 15) is 9.59 Å². The number of nitrogens with two attached hydrogens (primary N) is 1. The van der Waals surface area contributed by atoms with E-state index in [0.717, 1.165) is 6.08 Å². The van der Waals surface area contributed by atoms with Crippen LogP contribution in [0.3, 0.4) is 0 Å². The van der Waals surface area contributed by atoms with Crippen molar-refractivity contribution in [2.24, 2.45) is 5.73 Å². The zero-order chi connectivity index (χ0) is 12.7. The summed E-state index contributed by atoms with van der Waals surface area (Å²) in [6.45, 7) is 0.210. The number of aliphatic carboxylic acids is 1. The van der Waals surface area contributed by atoms with E-state index in [1.54, 1.807) is 24.3 Å². The topological polar surface area (TPSA) is 89.6 Å². The third-order valence-electron chi connectivity index (χ3n) is 1.89. The minimum Gasteiger partial charge on any atom is -0.493 e. The molecule has 0 unspecified atom stereocenters.